The molecule has 0 spiro atoms. The van der Waals surface area contributed by atoms with Gasteiger partial charge in [-0.1, -0.05) is 12.1 Å². The summed E-state index contributed by atoms with van der Waals surface area (Å²) in [6.07, 6.45) is -4.69. The van der Waals surface area contributed by atoms with E-state index in [1.807, 2.05) is 13.8 Å². The molecule has 20 heavy (non-hydrogen) atoms. The largest absolute Gasteiger partial charge is 0.573 e. The summed E-state index contributed by atoms with van der Waals surface area (Å²) >= 11 is 0. The number of carbonyl (C=O) groups is 1. The van der Waals surface area contributed by atoms with Crippen LogP contribution in [0.25, 0.3) is 0 Å². The number of benzene rings is 1. The minimum atomic E-state index is -4.69. The molecule has 1 amide bonds. The van der Waals surface area contributed by atoms with Crippen molar-refractivity contribution in [3.63, 3.8) is 0 Å². The predicted molar refractivity (Wildman–Crippen MR) is 68.2 cm³/mol. The molecule has 0 aromatic heterocycles. The number of rotatable bonds is 6. The fraction of sp³-hybridized carbons (Fsp3) is 0.462. The number of amides is 1. The monoisotopic (exact) mass is 290 g/mol. The van der Waals surface area contributed by atoms with Gasteiger partial charge in [0.15, 0.2) is 0 Å². The highest BCUT2D eigenvalue weighted by Crippen LogP contribution is 2.24. The second-order valence-electron chi connectivity index (χ2n) is 4.17. The third-order valence-electron chi connectivity index (χ3n) is 2.56. The summed E-state index contributed by atoms with van der Waals surface area (Å²) in [5.41, 5.74) is 0.767. The average Bonchev–Trinajstić information content (AvgIpc) is 2.35. The van der Waals surface area contributed by atoms with Crippen molar-refractivity contribution in [1.29, 1.82) is 0 Å². The molecule has 1 atom stereocenters. The van der Waals surface area contributed by atoms with Crippen molar-refractivity contribution in [2.24, 2.45) is 0 Å². The maximum atomic E-state index is 12.0. The Labute approximate surface area is 115 Å². The van der Waals surface area contributed by atoms with Gasteiger partial charge < -0.3 is 15.4 Å². The van der Waals surface area contributed by atoms with Gasteiger partial charge >= 0.3 is 6.36 Å². The number of carbonyl (C=O) groups excluding carboxylic acids is 1. The molecule has 0 bridgehead atoms. The van der Waals surface area contributed by atoms with Gasteiger partial charge in [0.05, 0.1) is 6.54 Å². The predicted octanol–water partition coefficient (Wildman–Crippen LogP) is 2.37. The Morgan fingerprint density at radius 1 is 1.30 bits per heavy atom. The van der Waals surface area contributed by atoms with Crippen LogP contribution in [-0.2, 0) is 4.79 Å². The number of hydrogen-bond donors (Lipinski definition) is 2. The van der Waals surface area contributed by atoms with E-state index in [1.165, 1.54) is 24.3 Å². The summed E-state index contributed by atoms with van der Waals surface area (Å²) in [5, 5.41) is 5.62. The summed E-state index contributed by atoms with van der Waals surface area (Å²) in [5.74, 6) is -0.395. The van der Waals surface area contributed by atoms with Crippen LogP contribution in [0.4, 0.5) is 13.2 Å². The molecule has 0 heterocycles. The molecule has 0 radical (unpaired) electrons. The van der Waals surface area contributed by atoms with Gasteiger partial charge in [-0.15, -0.1) is 13.2 Å². The van der Waals surface area contributed by atoms with Crippen LogP contribution < -0.4 is 15.4 Å². The topological polar surface area (TPSA) is 50.4 Å². The molecule has 2 N–H and O–H groups in total. The maximum Gasteiger partial charge on any atom is 0.573 e. The molecule has 0 saturated heterocycles. The number of likely N-dealkylation sites (N-methyl/N-ethyl adjacent to an activating group) is 1. The van der Waals surface area contributed by atoms with E-state index in [1.54, 1.807) is 0 Å². The van der Waals surface area contributed by atoms with Crippen LogP contribution in [0.5, 0.6) is 5.75 Å². The molecule has 112 valence electrons. The molecular weight excluding hydrogens is 273 g/mol. The first kappa shape index (κ1) is 16.3. The number of nitrogens with one attached hydrogen (secondary N) is 2. The first-order valence-electron chi connectivity index (χ1n) is 6.17. The molecule has 0 aliphatic rings. The number of ether oxygens (including phenoxy) is 1. The minimum Gasteiger partial charge on any atom is -0.406 e. The Kier molecular flexibility index (Phi) is 5.82. The third-order valence-corrected chi connectivity index (χ3v) is 2.56. The highest BCUT2D eigenvalue weighted by atomic mass is 19.4. The normalized spacial score (nSPS) is 12.8. The average molecular weight is 290 g/mol. The SMILES string of the molecule is CCNC(=O)CNC(C)c1ccc(OC(F)(F)F)cc1. The highest BCUT2D eigenvalue weighted by molar-refractivity contribution is 5.77. The first-order chi connectivity index (χ1) is 9.31. The molecule has 4 nitrogen and oxygen atoms in total. The van der Waals surface area contributed by atoms with Crippen molar-refractivity contribution in [3.05, 3.63) is 29.8 Å². The minimum absolute atomic E-state index is 0.128. The quantitative estimate of drug-likeness (QED) is 0.845. The van der Waals surface area contributed by atoms with E-state index in [0.717, 1.165) is 5.56 Å². The van der Waals surface area contributed by atoms with Crippen LogP contribution >= 0.6 is 0 Å². The Hall–Kier alpha value is -1.76. The molecule has 0 aliphatic carbocycles. The van der Waals surface area contributed by atoms with E-state index < -0.39 is 6.36 Å². The van der Waals surface area contributed by atoms with Crippen molar-refractivity contribution in [1.82, 2.24) is 10.6 Å². The lowest BCUT2D eigenvalue weighted by Crippen LogP contribution is -2.34. The van der Waals surface area contributed by atoms with E-state index in [2.05, 4.69) is 15.4 Å². The summed E-state index contributed by atoms with van der Waals surface area (Å²) in [7, 11) is 0. The van der Waals surface area contributed by atoms with Gasteiger partial charge in [-0.3, -0.25) is 4.79 Å². The zero-order valence-corrected chi connectivity index (χ0v) is 11.3. The number of halogens is 3. The number of alkyl halides is 3. The third kappa shape index (κ3) is 5.92. The second-order valence-corrected chi connectivity index (χ2v) is 4.17. The summed E-state index contributed by atoms with van der Waals surface area (Å²) in [4.78, 5) is 11.3. The van der Waals surface area contributed by atoms with E-state index in [9.17, 15) is 18.0 Å². The van der Waals surface area contributed by atoms with E-state index >= 15 is 0 Å². The van der Waals surface area contributed by atoms with Crippen molar-refractivity contribution >= 4 is 5.91 Å². The second kappa shape index (κ2) is 7.14. The smallest absolute Gasteiger partial charge is 0.406 e. The zero-order valence-electron chi connectivity index (χ0n) is 11.3. The molecule has 0 aliphatic heterocycles. The Bertz CT molecular complexity index is 432. The number of hydrogen-bond acceptors (Lipinski definition) is 3. The molecule has 1 unspecified atom stereocenters. The molecule has 1 rings (SSSR count). The molecular formula is C13H17F3N2O2. The van der Waals surface area contributed by atoms with Gasteiger partial charge in [0.25, 0.3) is 0 Å². The van der Waals surface area contributed by atoms with Crippen LogP contribution in [-0.4, -0.2) is 25.4 Å². The van der Waals surface area contributed by atoms with E-state index in [-0.39, 0.29) is 24.2 Å². The zero-order chi connectivity index (χ0) is 15.2. The van der Waals surface area contributed by atoms with Crippen LogP contribution in [0.15, 0.2) is 24.3 Å². The van der Waals surface area contributed by atoms with Crippen molar-refractivity contribution in [2.75, 3.05) is 13.1 Å². The molecule has 7 heteroatoms. The van der Waals surface area contributed by atoms with Crippen LogP contribution in [0.2, 0.25) is 0 Å². The van der Waals surface area contributed by atoms with Gasteiger partial charge in [0.1, 0.15) is 5.75 Å². The van der Waals surface area contributed by atoms with Crippen LogP contribution in [0.3, 0.4) is 0 Å². The maximum absolute atomic E-state index is 12.0. The lowest BCUT2D eigenvalue weighted by Gasteiger charge is -2.15. The van der Waals surface area contributed by atoms with Gasteiger partial charge in [-0.25, -0.2) is 0 Å². The lowest BCUT2D eigenvalue weighted by molar-refractivity contribution is -0.274. The first-order valence-corrected chi connectivity index (χ1v) is 6.17. The van der Waals surface area contributed by atoms with Gasteiger partial charge in [-0.2, -0.15) is 0 Å². The van der Waals surface area contributed by atoms with Crippen molar-refractivity contribution in [3.8, 4) is 5.75 Å². The highest BCUT2D eigenvalue weighted by Gasteiger charge is 2.30. The van der Waals surface area contributed by atoms with Gasteiger partial charge in [0.2, 0.25) is 5.91 Å². The van der Waals surface area contributed by atoms with E-state index in [0.29, 0.717) is 6.54 Å². The standard InChI is InChI=1S/C13H17F3N2O2/c1-3-17-12(19)8-18-9(2)10-4-6-11(7-5-10)20-13(14,15)16/h4-7,9,18H,3,8H2,1-2H3,(H,17,19). The fourth-order valence-corrected chi connectivity index (χ4v) is 1.58. The lowest BCUT2D eigenvalue weighted by atomic mass is 10.1. The fourth-order valence-electron chi connectivity index (χ4n) is 1.58. The summed E-state index contributed by atoms with van der Waals surface area (Å²) < 4.78 is 39.8. The Morgan fingerprint density at radius 3 is 2.40 bits per heavy atom. The van der Waals surface area contributed by atoms with Crippen molar-refractivity contribution < 1.29 is 22.7 Å². The molecule has 0 saturated carbocycles. The molecule has 1 aromatic rings. The molecule has 1 aromatic carbocycles. The van der Waals surface area contributed by atoms with Crippen LogP contribution in [0.1, 0.15) is 25.5 Å². The van der Waals surface area contributed by atoms with Crippen molar-refractivity contribution in [2.45, 2.75) is 26.3 Å². The Balaban J connectivity index is 2.53. The van der Waals surface area contributed by atoms with Crippen LogP contribution in [0, 0.1) is 0 Å². The Morgan fingerprint density at radius 2 is 1.90 bits per heavy atom. The molecule has 0 fully saturated rings. The summed E-state index contributed by atoms with van der Waals surface area (Å²) in [6, 6.07) is 5.38. The van der Waals surface area contributed by atoms with E-state index in [4.69, 9.17) is 0 Å². The van der Waals surface area contributed by atoms with Gasteiger partial charge in [-0.05, 0) is 31.5 Å². The van der Waals surface area contributed by atoms with Gasteiger partial charge in [0, 0.05) is 12.6 Å². The summed E-state index contributed by atoms with van der Waals surface area (Å²) in [6.45, 7) is 4.34.